The van der Waals surface area contributed by atoms with Gasteiger partial charge < -0.3 is 14.8 Å². The van der Waals surface area contributed by atoms with Crippen molar-refractivity contribution in [2.24, 2.45) is 0 Å². The van der Waals surface area contributed by atoms with Crippen molar-refractivity contribution in [1.29, 1.82) is 0 Å². The quantitative estimate of drug-likeness (QED) is 0.857. The number of hydrogen-bond donors (Lipinski definition) is 1. The number of carbonyl (C=O) groups excluding carboxylic acids is 1. The van der Waals surface area contributed by atoms with Gasteiger partial charge in [0.15, 0.2) is 6.10 Å². The topological polar surface area (TPSA) is 47.6 Å². The fourth-order valence-electron chi connectivity index (χ4n) is 1.73. The van der Waals surface area contributed by atoms with Gasteiger partial charge in [-0.15, -0.1) is 0 Å². The number of hydrogen-bond acceptors (Lipinski definition) is 3. The van der Waals surface area contributed by atoms with Crippen LogP contribution >= 0.6 is 22.6 Å². The second kappa shape index (κ2) is 4.95. The summed E-state index contributed by atoms with van der Waals surface area (Å²) in [7, 11) is 1.62. The molecule has 1 aliphatic rings. The molecule has 4 nitrogen and oxygen atoms in total. The molecule has 17 heavy (non-hydrogen) atoms. The van der Waals surface area contributed by atoms with Crippen molar-refractivity contribution in [3.05, 3.63) is 40.0 Å². The second-order valence-electron chi connectivity index (χ2n) is 3.67. The molecule has 0 radical (unpaired) electrons. The molecular weight excluding hydrogens is 333 g/mol. The average Bonchev–Trinajstić information content (AvgIpc) is 2.72. The summed E-state index contributed by atoms with van der Waals surface area (Å²) in [4.78, 5) is 11.3. The van der Waals surface area contributed by atoms with Crippen LogP contribution in [0.3, 0.4) is 0 Å². The maximum absolute atomic E-state index is 11.3. The van der Waals surface area contributed by atoms with Gasteiger partial charge in [0, 0.05) is 3.58 Å². The zero-order chi connectivity index (χ0) is 12.4. The molecule has 1 aliphatic heterocycles. The standard InChI is InChI=1S/C12H12INO3/c1-7(13)11-10(14-12(15)17-11)8-3-5-9(16-2)6-4-8/h3-6,10-11H,1H2,2H3,(H,14,15)/t10-,11-/m0/s1. The highest BCUT2D eigenvalue weighted by molar-refractivity contribution is 14.1. The number of rotatable bonds is 3. The van der Waals surface area contributed by atoms with E-state index in [0.717, 1.165) is 14.9 Å². The fraction of sp³-hybridized carbons (Fsp3) is 0.250. The highest BCUT2D eigenvalue weighted by atomic mass is 127. The lowest BCUT2D eigenvalue weighted by molar-refractivity contribution is 0.153. The summed E-state index contributed by atoms with van der Waals surface area (Å²) >= 11 is 2.07. The SMILES string of the molecule is C=C(I)[C@@H]1OC(=O)N[C@H]1c1ccc(OC)cc1. The van der Waals surface area contributed by atoms with Gasteiger partial charge in [-0.05, 0) is 40.3 Å². The maximum atomic E-state index is 11.3. The number of halogens is 1. The van der Waals surface area contributed by atoms with E-state index in [9.17, 15) is 4.79 Å². The van der Waals surface area contributed by atoms with Crippen LogP contribution in [0.25, 0.3) is 0 Å². The van der Waals surface area contributed by atoms with Crippen LogP contribution < -0.4 is 10.1 Å². The van der Waals surface area contributed by atoms with E-state index in [1.165, 1.54) is 0 Å². The summed E-state index contributed by atoms with van der Waals surface area (Å²) in [6.45, 7) is 3.83. The van der Waals surface area contributed by atoms with Gasteiger partial charge in [0.25, 0.3) is 0 Å². The molecule has 5 heteroatoms. The zero-order valence-electron chi connectivity index (χ0n) is 9.27. The molecule has 0 spiro atoms. The Morgan fingerprint density at radius 2 is 2.12 bits per heavy atom. The van der Waals surface area contributed by atoms with E-state index in [-0.39, 0.29) is 12.1 Å². The van der Waals surface area contributed by atoms with Gasteiger partial charge >= 0.3 is 6.09 Å². The Labute approximate surface area is 113 Å². The zero-order valence-corrected chi connectivity index (χ0v) is 11.4. The summed E-state index contributed by atoms with van der Waals surface area (Å²) in [5.74, 6) is 0.781. The molecule has 0 bridgehead atoms. The lowest BCUT2D eigenvalue weighted by Gasteiger charge is -2.16. The van der Waals surface area contributed by atoms with E-state index in [1.807, 2.05) is 24.3 Å². The minimum atomic E-state index is -0.409. The van der Waals surface area contributed by atoms with Crippen LogP contribution in [0, 0.1) is 0 Å². The van der Waals surface area contributed by atoms with Crippen LogP contribution in [-0.2, 0) is 4.74 Å². The molecule has 1 aromatic carbocycles. The Kier molecular flexibility index (Phi) is 3.56. The van der Waals surface area contributed by atoms with E-state index >= 15 is 0 Å². The van der Waals surface area contributed by atoms with Crippen molar-refractivity contribution >= 4 is 28.7 Å². The Bertz CT molecular complexity index is 444. The molecule has 1 aromatic rings. The summed E-state index contributed by atoms with van der Waals surface area (Å²) in [6.07, 6.45) is -0.731. The minimum absolute atomic E-state index is 0.183. The van der Waals surface area contributed by atoms with E-state index in [2.05, 4.69) is 34.5 Å². The molecule has 2 rings (SSSR count). The Hall–Kier alpha value is -1.24. The smallest absolute Gasteiger partial charge is 0.408 e. The first-order valence-electron chi connectivity index (χ1n) is 5.07. The van der Waals surface area contributed by atoms with Gasteiger partial charge in [-0.2, -0.15) is 0 Å². The lowest BCUT2D eigenvalue weighted by atomic mass is 10.0. The van der Waals surface area contributed by atoms with Crippen LogP contribution in [0.5, 0.6) is 5.75 Å². The van der Waals surface area contributed by atoms with Crippen molar-refractivity contribution < 1.29 is 14.3 Å². The maximum Gasteiger partial charge on any atom is 0.408 e. The van der Waals surface area contributed by atoms with Gasteiger partial charge in [0.2, 0.25) is 0 Å². The van der Waals surface area contributed by atoms with Gasteiger partial charge in [-0.1, -0.05) is 18.7 Å². The number of methoxy groups -OCH3 is 1. The molecule has 0 aliphatic carbocycles. The van der Waals surface area contributed by atoms with Crippen LogP contribution in [0.4, 0.5) is 4.79 Å². The molecule has 1 N–H and O–H groups in total. The van der Waals surface area contributed by atoms with Gasteiger partial charge in [-0.3, -0.25) is 0 Å². The van der Waals surface area contributed by atoms with Crippen molar-refractivity contribution in [3.8, 4) is 5.75 Å². The summed E-state index contributed by atoms with van der Waals surface area (Å²) in [6, 6.07) is 7.34. The van der Waals surface area contributed by atoms with Crippen molar-refractivity contribution in [2.75, 3.05) is 7.11 Å². The van der Waals surface area contributed by atoms with Crippen LogP contribution in [-0.4, -0.2) is 19.3 Å². The van der Waals surface area contributed by atoms with Gasteiger partial charge in [0.05, 0.1) is 13.2 Å². The Morgan fingerprint density at radius 3 is 2.65 bits per heavy atom. The second-order valence-corrected chi connectivity index (χ2v) is 5.05. The number of amides is 1. The van der Waals surface area contributed by atoms with E-state index in [4.69, 9.17) is 9.47 Å². The largest absolute Gasteiger partial charge is 0.497 e. The predicted molar refractivity (Wildman–Crippen MR) is 72.3 cm³/mol. The first-order valence-corrected chi connectivity index (χ1v) is 6.15. The third kappa shape index (κ3) is 2.54. The molecule has 1 amide bonds. The van der Waals surface area contributed by atoms with E-state index < -0.39 is 6.09 Å². The highest BCUT2D eigenvalue weighted by Gasteiger charge is 2.36. The predicted octanol–water partition coefficient (Wildman–Crippen LogP) is 2.79. The van der Waals surface area contributed by atoms with E-state index in [0.29, 0.717) is 0 Å². The molecule has 90 valence electrons. The number of carbonyl (C=O) groups is 1. The third-order valence-corrected chi connectivity index (χ3v) is 3.21. The van der Waals surface area contributed by atoms with Gasteiger partial charge in [0.1, 0.15) is 5.75 Å². The first kappa shape index (κ1) is 12.2. The van der Waals surface area contributed by atoms with Crippen molar-refractivity contribution in [2.45, 2.75) is 12.1 Å². The molecule has 0 saturated carbocycles. The number of nitrogens with one attached hydrogen (secondary N) is 1. The Morgan fingerprint density at radius 1 is 1.47 bits per heavy atom. The van der Waals surface area contributed by atoms with Gasteiger partial charge in [-0.25, -0.2) is 4.79 Å². The monoisotopic (exact) mass is 345 g/mol. The van der Waals surface area contributed by atoms with Crippen LogP contribution in [0.15, 0.2) is 34.4 Å². The summed E-state index contributed by atoms with van der Waals surface area (Å²) in [5, 5.41) is 2.77. The lowest BCUT2D eigenvalue weighted by Crippen LogP contribution is -2.22. The average molecular weight is 345 g/mol. The normalized spacial score (nSPS) is 22.8. The fourth-order valence-corrected chi connectivity index (χ4v) is 2.22. The molecule has 0 unspecified atom stereocenters. The molecule has 1 fully saturated rings. The van der Waals surface area contributed by atoms with Crippen molar-refractivity contribution in [1.82, 2.24) is 5.32 Å². The molecule has 2 atom stereocenters. The van der Waals surface area contributed by atoms with Crippen LogP contribution in [0.1, 0.15) is 11.6 Å². The molecule has 0 aromatic heterocycles. The highest BCUT2D eigenvalue weighted by Crippen LogP contribution is 2.32. The van der Waals surface area contributed by atoms with Crippen molar-refractivity contribution in [3.63, 3.8) is 0 Å². The van der Waals surface area contributed by atoms with E-state index in [1.54, 1.807) is 7.11 Å². The summed E-state index contributed by atoms with van der Waals surface area (Å²) < 4.78 is 11.0. The molecule has 1 saturated heterocycles. The third-order valence-electron chi connectivity index (χ3n) is 2.59. The molecular formula is C12H12INO3. The number of ether oxygens (including phenoxy) is 2. The minimum Gasteiger partial charge on any atom is -0.497 e. The molecule has 1 heterocycles. The first-order chi connectivity index (χ1) is 8.11. The van der Waals surface area contributed by atoms with Crippen LogP contribution in [0.2, 0.25) is 0 Å². The number of alkyl carbamates (subject to hydrolysis) is 1. The number of benzene rings is 1. The summed E-state index contributed by atoms with van der Waals surface area (Å²) in [5.41, 5.74) is 0.972. The number of cyclic esters (lactones) is 1. The Balaban J connectivity index is 2.25.